The Balaban J connectivity index is 2.68. The minimum Gasteiger partial charge on any atom is -0.508 e. The number of aromatic hydroxyl groups is 2. The van der Waals surface area contributed by atoms with Crippen LogP contribution in [0, 0.1) is 0 Å². The first-order valence-electron chi connectivity index (χ1n) is 4.08. The van der Waals surface area contributed by atoms with Crippen molar-refractivity contribution in [2.24, 2.45) is 4.99 Å². The first-order chi connectivity index (χ1) is 7.13. The molecular weight excluding hydrogens is 200 g/mol. The van der Waals surface area contributed by atoms with E-state index in [0.717, 1.165) is 6.07 Å². The van der Waals surface area contributed by atoms with Gasteiger partial charge in [-0.1, -0.05) is 0 Å². The van der Waals surface area contributed by atoms with E-state index in [1.807, 2.05) is 0 Å². The Morgan fingerprint density at radius 1 is 1.47 bits per heavy atom. The maximum atomic E-state index is 10.6. The summed E-state index contributed by atoms with van der Waals surface area (Å²) >= 11 is 0. The molecule has 0 unspecified atom stereocenters. The molecule has 0 aromatic heterocycles. The van der Waals surface area contributed by atoms with Crippen LogP contribution in [-0.2, 0) is 4.79 Å². The van der Waals surface area contributed by atoms with Gasteiger partial charge in [0.1, 0.15) is 18.0 Å². The van der Waals surface area contributed by atoms with E-state index in [1.54, 1.807) is 0 Å². The highest BCUT2D eigenvalue weighted by molar-refractivity contribution is 5.86. The lowest BCUT2D eigenvalue weighted by atomic mass is 10.2. The molecular formula is C9H10N2O4. The quantitative estimate of drug-likeness (QED) is 0.321. The number of nitrogens with one attached hydrogen (secondary N) is 1. The van der Waals surface area contributed by atoms with Gasteiger partial charge in [0, 0.05) is 17.8 Å². The molecule has 1 rings (SSSR count). The minimum atomic E-state index is -0.649. The number of hydrogen-bond acceptors (Lipinski definition) is 5. The number of nitrogens with zero attached hydrogens (tertiary/aromatic N) is 1. The smallest absolute Gasteiger partial charge is 0.264 e. The van der Waals surface area contributed by atoms with Crippen LogP contribution in [0.4, 0.5) is 0 Å². The van der Waals surface area contributed by atoms with Crippen molar-refractivity contribution in [3.05, 3.63) is 23.8 Å². The lowest BCUT2D eigenvalue weighted by Gasteiger charge is -1.98. The van der Waals surface area contributed by atoms with Crippen LogP contribution in [0.5, 0.6) is 11.5 Å². The lowest BCUT2D eigenvalue weighted by Crippen LogP contribution is -2.21. The number of rotatable bonds is 3. The Labute approximate surface area is 85.5 Å². The summed E-state index contributed by atoms with van der Waals surface area (Å²) in [6.07, 6.45) is 1.27. The predicted molar refractivity (Wildman–Crippen MR) is 52.2 cm³/mol. The zero-order valence-electron chi connectivity index (χ0n) is 7.71. The van der Waals surface area contributed by atoms with Crippen molar-refractivity contribution in [2.75, 3.05) is 6.54 Å². The molecule has 6 nitrogen and oxygen atoms in total. The highest BCUT2D eigenvalue weighted by Crippen LogP contribution is 2.20. The fourth-order valence-corrected chi connectivity index (χ4v) is 0.903. The van der Waals surface area contributed by atoms with Crippen molar-refractivity contribution >= 4 is 12.1 Å². The van der Waals surface area contributed by atoms with E-state index in [2.05, 4.69) is 4.99 Å². The molecule has 15 heavy (non-hydrogen) atoms. The van der Waals surface area contributed by atoms with Gasteiger partial charge in [-0.2, -0.15) is 0 Å². The predicted octanol–water partition coefficient (Wildman–Crippen LogP) is 0.0221. The molecule has 1 amide bonds. The zero-order chi connectivity index (χ0) is 11.3. The molecule has 0 heterocycles. The average molecular weight is 210 g/mol. The molecule has 0 saturated carbocycles. The van der Waals surface area contributed by atoms with E-state index in [4.69, 9.17) is 10.3 Å². The number of hydrogen-bond donors (Lipinski definition) is 4. The Morgan fingerprint density at radius 3 is 2.80 bits per heavy atom. The summed E-state index contributed by atoms with van der Waals surface area (Å²) in [4.78, 5) is 14.2. The first-order valence-corrected chi connectivity index (χ1v) is 4.08. The molecule has 0 bridgehead atoms. The third-order valence-corrected chi connectivity index (χ3v) is 1.60. The van der Waals surface area contributed by atoms with Gasteiger partial charge in [0.2, 0.25) is 0 Å². The number of phenols is 2. The molecule has 6 heteroatoms. The van der Waals surface area contributed by atoms with Crippen LogP contribution in [-0.4, -0.2) is 34.1 Å². The molecule has 0 fully saturated rings. The topological polar surface area (TPSA) is 102 Å². The van der Waals surface area contributed by atoms with Crippen LogP contribution >= 0.6 is 0 Å². The van der Waals surface area contributed by atoms with Crippen LogP contribution in [0.3, 0.4) is 0 Å². The maximum Gasteiger partial charge on any atom is 0.264 e. The highest BCUT2D eigenvalue weighted by atomic mass is 16.5. The summed E-state index contributed by atoms with van der Waals surface area (Å²) in [6.45, 7) is -0.239. The summed E-state index contributed by atoms with van der Waals surface area (Å²) in [5, 5.41) is 26.5. The largest absolute Gasteiger partial charge is 0.508 e. The van der Waals surface area contributed by atoms with Crippen LogP contribution in [0.25, 0.3) is 0 Å². The van der Waals surface area contributed by atoms with Gasteiger partial charge < -0.3 is 10.2 Å². The summed E-state index contributed by atoms with van der Waals surface area (Å²) in [5.74, 6) is -0.842. The Bertz CT molecular complexity index is 390. The second-order valence-corrected chi connectivity index (χ2v) is 2.75. The first kappa shape index (κ1) is 11.0. The molecule has 1 aromatic carbocycles. The SMILES string of the molecule is O=C(CN=Cc1ccc(O)cc1O)NO. The van der Waals surface area contributed by atoms with Crippen LogP contribution < -0.4 is 5.48 Å². The fourth-order valence-electron chi connectivity index (χ4n) is 0.903. The van der Waals surface area contributed by atoms with Crippen molar-refractivity contribution in [2.45, 2.75) is 0 Å². The number of benzene rings is 1. The monoisotopic (exact) mass is 210 g/mol. The molecule has 0 atom stereocenters. The molecule has 0 aliphatic heterocycles. The molecule has 0 saturated heterocycles. The molecule has 80 valence electrons. The van der Waals surface area contributed by atoms with E-state index in [9.17, 15) is 9.90 Å². The van der Waals surface area contributed by atoms with E-state index < -0.39 is 5.91 Å². The van der Waals surface area contributed by atoms with E-state index in [-0.39, 0.29) is 18.0 Å². The summed E-state index contributed by atoms with van der Waals surface area (Å²) in [7, 11) is 0. The Hall–Kier alpha value is -2.08. The van der Waals surface area contributed by atoms with Gasteiger partial charge in [-0.05, 0) is 12.1 Å². The number of aliphatic imine (C=N–C) groups is 1. The van der Waals surface area contributed by atoms with E-state index in [0.29, 0.717) is 5.56 Å². The normalized spacial score (nSPS) is 10.5. The number of amides is 1. The zero-order valence-corrected chi connectivity index (χ0v) is 7.71. The van der Waals surface area contributed by atoms with Crippen molar-refractivity contribution in [3.63, 3.8) is 0 Å². The lowest BCUT2D eigenvalue weighted by molar-refractivity contribution is -0.127. The standard InChI is InChI=1S/C9H10N2O4/c12-7-2-1-6(8(13)3-7)4-10-5-9(14)11-15/h1-4,12-13,15H,5H2,(H,11,14). The van der Waals surface area contributed by atoms with Gasteiger partial charge >= 0.3 is 0 Å². The maximum absolute atomic E-state index is 10.6. The van der Waals surface area contributed by atoms with Crippen molar-refractivity contribution in [1.82, 2.24) is 5.48 Å². The minimum absolute atomic E-state index is 0.0576. The Morgan fingerprint density at radius 2 is 2.20 bits per heavy atom. The molecule has 1 aromatic rings. The summed E-state index contributed by atoms with van der Waals surface area (Å²) in [6, 6.07) is 3.99. The molecule has 0 aliphatic rings. The van der Waals surface area contributed by atoms with Crippen molar-refractivity contribution in [3.8, 4) is 11.5 Å². The second kappa shape index (κ2) is 4.97. The Kier molecular flexibility index (Phi) is 3.64. The van der Waals surface area contributed by atoms with Crippen LogP contribution in [0.2, 0.25) is 0 Å². The molecule has 0 aliphatic carbocycles. The van der Waals surface area contributed by atoms with Crippen molar-refractivity contribution < 1.29 is 20.2 Å². The number of carbonyl (C=O) groups is 1. The van der Waals surface area contributed by atoms with Crippen molar-refractivity contribution in [1.29, 1.82) is 0 Å². The molecule has 0 spiro atoms. The van der Waals surface area contributed by atoms with Gasteiger partial charge in [0.25, 0.3) is 5.91 Å². The van der Waals surface area contributed by atoms with Gasteiger partial charge in [0.15, 0.2) is 0 Å². The third kappa shape index (κ3) is 3.28. The third-order valence-electron chi connectivity index (χ3n) is 1.60. The fraction of sp³-hybridized carbons (Fsp3) is 0.111. The second-order valence-electron chi connectivity index (χ2n) is 2.75. The summed E-state index contributed by atoms with van der Waals surface area (Å²) < 4.78 is 0. The molecule has 4 N–H and O–H groups in total. The summed E-state index contributed by atoms with van der Waals surface area (Å²) in [5.41, 5.74) is 1.79. The number of carbonyl (C=O) groups excluding carboxylic acids is 1. The van der Waals surface area contributed by atoms with Gasteiger partial charge in [-0.15, -0.1) is 0 Å². The van der Waals surface area contributed by atoms with Crippen LogP contribution in [0.1, 0.15) is 5.56 Å². The van der Waals surface area contributed by atoms with Gasteiger partial charge in [0.05, 0.1) is 0 Å². The van der Waals surface area contributed by atoms with E-state index in [1.165, 1.54) is 23.8 Å². The average Bonchev–Trinajstić information content (AvgIpc) is 2.21. The number of phenolic OH excluding ortho intramolecular Hbond substituents is 2. The highest BCUT2D eigenvalue weighted by Gasteiger charge is 1.99. The number of hydroxylamine groups is 1. The van der Waals surface area contributed by atoms with Gasteiger partial charge in [-0.25, -0.2) is 5.48 Å². The van der Waals surface area contributed by atoms with Gasteiger partial charge in [-0.3, -0.25) is 15.0 Å². The van der Waals surface area contributed by atoms with E-state index >= 15 is 0 Å². The van der Waals surface area contributed by atoms with Crippen LogP contribution in [0.15, 0.2) is 23.2 Å². The molecule has 0 radical (unpaired) electrons.